The van der Waals surface area contributed by atoms with Gasteiger partial charge in [-0.05, 0) is 84.4 Å². The molecule has 310 valence electrons. The zero-order valence-electron chi connectivity index (χ0n) is 32.9. The number of carbonyl (C=O) groups excluding carboxylic acids is 3. The van der Waals surface area contributed by atoms with Crippen LogP contribution in [-0.2, 0) is 24.4 Å². The first-order chi connectivity index (χ1) is 26.7. The molecule has 2 aromatic rings. The zero-order chi connectivity index (χ0) is 41.3. The Labute approximate surface area is 330 Å². The van der Waals surface area contributed by atoms with Crippen LogP contribution in [0.5, 0.6) is 11.5 Å². The Morgan fingerprint density at radius 2 is 1.91 bits per heavy atom. The highest BCUT2D eigenvalue weighted by atomic mass is 32.2. The summed E-state index contributed by atoms with van der Waals surface area (Å²) in [6.07, 6.45) is 3.05. The summed E-state index contributed by atoms with van der Waals surface area (Å²) in [6, 6.07) is 2.27. The normalized spacial score (nSPS) is 30.4. The van der Waals surface area contributed by atoms with Gasteiger partial charge in [0, 0.05) is 29.7 Å². The number of carbonyl (C=O) groups is 4. The van der Waals surface area contributed by atoms with Crippen LogP contribution in [0.2, 0.25) is 0 Å². The number of hydrogen-bond acceptors (Lipinski definition) is 9. The van der Waals surface area contributed by atoms with Crippen molar-refractivity contribution in [1.82, 2.24) is 24.8 Å². The molecule has 57 heavy (non-hydrogen) atoms. The number of aryl methyl sites for hydroxylation is 1. The summed E-state index contributed by atoms with van der Waals surface area (Å²) in [5, 5.41) is 13.6. The molecule has 4 amide bonds. The van der Waals surface area contributed by atoms with Crippen LogP contribution >= 0.6 is 0 Å². The third kappa shape index (κ3) is 7.63. The maximum absolute atomic E-state index is 16.8. The van der Waals surface area contributed by atoms with Gasteiger partial charge in [0.15, 0.2) is 0 Å². The molecule has 0 unspecified atom stereocenters. The van der Waals surface area contributed by atoms with Crippen LogP contribution in [0.25, 0.3) is 10.9 Å². The molecule has 5 aliphatic rings. The van der Waals surface area contributed by atoms with E-state index in [0.29, 0.717) is 60.9 Å². The van der Waals surface area contributed by atoms with E-state index in [2.05, 4.69) is 15.0 Å². The van der Waals surface area contributed by atoms with E-state index >= 15 is 8.78 Å². The van der Waals surface area contributed by atoms with Crippen LogP contribution in [0.4, 0.5) is 13.6 Å². The average Bonchev–Trinajstić information content (AvgIpc) is 4.02. The van der Waals surface area contributed by atoms with Gasteiger partial charge in [0.1, 0.15) is 46.6 Å². The molecule has 17 heteroatoms. The SMILES string of the molecule is COc1ccc2nc(C)c3c(c2c1)[C@H](F)C[C@]1(C[C@H]2C(=O)N[C@]4(C(=O)NS(=O)(=O)C5(C)CC5)C[C@H]4/C=C\CCCCC[C@H](N(CC(C)(C)F)C(=O)O)C(=O)N2C1)O3. The molecule has 3 N–H and O–H groups in total. The van der Waals surface area contributed by atoms with E-state index in [0.717, 1.165) is 4.90 Å². The Balaban J connectivity index is 1.29. The van der Waals surface area contributed by atoms with Crippen molar-refractivity contribution < 1.29 is 51.0 Å². The summed E-state index contributed by atoms with van der Waals surface area (Å²) in [4.78, 5) is 62.8. The second-order valence-electron chi connectivity index (χ2n) is 17.3. The number of carboxylic acid groups (broad SMARTS) is 1. The fourth-order valence-corrected chi connectivity index (χ4v) is 10.0. The molecule has 4 heterocycles. The first-order valence-electron chi connectivity index (χ1n) is 19.6. The van der Waals surface area contributed by atoms with Gasteiger partial charge in [-0.3, -0.25) is 24.0 Å². The number of benzene rings is 1. The minimum atomic E-state index is -4.08. The first kappa shape index (κ1) is 40.6. The molecule has 3 fully saturated rings. The predicted molar refractivity (Wildman–Crippen MR) is 205 cm³/mol. The Morgan fingerprint density at radius 3 is 2.58 bits per heavy atom. The van der Waals surface area contributed by atoms with E-state index in [1.807, 2.05) is 6.08 Å². The number of hydrogen-bond donors (Lipinski definition) is 3. The number of amides is 4. The molecule has 0 radical (unpaired) electrons. The Bertz CT molecular complexity index is 2140. The number of pyridine rings is 1. The van der Waals surface area contributed by atoms with Crippen molar-refractivity contribution in [1.29, 1.82) is 0 Å². The summed E-state index contributed by atoms with van der Waals surface area (Å²) in [6.45, 7) is 4.65. The van der Waals surface area contributed by atoms with E-state index in [9.17, 15) is 32.7 Å². The minimum absolute atomic E-state index is 0.0284. The van der Waals surface area contributed by atoms with Crippen LogP contribution in [-0.4, -0.2) is 106 Å². The summed E-state index contributed by atoms with van der Waals surface area (Å²) >= 11 is 0. The number of rotatable bonds is 7. The van der Waals surface area contributed by atoms with Crippen molar-refractivity contribution in [2.75, 3.05) is 20.2 Å². The summed E-state index contributed by atoms with van der Waals surface area (Å²) in [5.74, 6) is -2.43. The number of alkyl halides is 2. The van der Waals surface area contributed by atoms with Gasteiger partial charge in [-0.15, -0.1) is 0 Å². The summed E-state index contributed by atoms with van der Waals surface area (Å²) in [5.41, 5.74) is -4.05. The standard InChI is InChI=1S/C40H51F2N5O9S/c1-23-32-31(26-17-25(55-5)13-14-28(26)43-23)27(41)19-39(56-32)20-30-33(48)44-40(35(50)45-57(53,54)38(4)15-16-38)18-24(40)11-9-7-6-8-10-12-29(34(49)46(30)22-39)47(36(51)52)21-37(2,3)42/h9,11,13-14,17,24,27,29-30H,6-8,10,12,15-16,18-22H2,1-5H3,(H,44,48)(H,45,50)(H,51,52)/b11-9-/t24-,27-,29+,30+,39-,40-/m1/s1. The lowest BCUT2D eigenvalue weighted by Gasteiger charge is -2.39. The molecular weight excluding hydrogens is 765 g/mol. The number of fused-ring (bicyclic) bond motifs is 5. The molecule has 2 saturated carbocycles. The number of sulfonamides is 1. The minimum Gasteiger partial charge on any atom is -0.497 e. The molecule has 1 aromatic heterocycles. The van der Waals surface area contributed by atoms with Gasteiger partial charge in [0.05, 0.1) is 36.2 Å². The summed E-state index contributed by atoms with van der Waals surface area (Å²) < 4.78 is 71.6. The number of aromatic nitrogens is 1. The van der Waals surface area contributed by atoms with Gasteiger partial charge in [-0.25, -0.2) is 27.0 Å². The van der Waals surface area contributed by atoms with Crippen LogP contribution in [0.1, 0.15) is 102 Å². The van der Waals surface area contributed by atoms with Crippen LogP contribution in [0, 0.1) is 12.8 Å². The van der Waals surface area contributed by atoms with Crippen LogP contribution in [0.15, 0.2) is 30.4 Å². The predicted octanol–water partition coefficient (Wildman–Crippen LogP) is 5.18. The number of methoxy groups -OCH3 is 1. The molecule has 1 spiro atoms. The van der Waals surface area contributed by atoms with E-state index in [1.54, 1.807) is 38.1 Å². The maximum atomic E-state index is 16.8. The lowest BCUT2D eigenvalue weighted by Crippen LogP contribution is -2.59. The Morgan fingerprint density at radius 1 is 1.18 bits per heavy atom. The van der Waals surface area contributed by atoms with Gasteiger partial charge in [-0.1, -0.05) is 25.0 Å². The van der Waals surface area contributed by atoms with Gasteiger partial charge in [0.2, 0.25) is 21.8 Å². The van der Waals surface area contributed by atoms with Gasteiger partial charge < -0.3 is 24.8 Å². The highest BCUT2D eigenvalue weighted by Gasteiger charge is 2.64. The molecule has 14 nitrogen and oxygen atoms in total. The van der Waals surface area contributed by atoms with Crippen molar-refractivity contribution in [3.8, 4) is 11.5 Å². The lowest BCUT2D eigenvalue weighted by molar-refractivity contribution is -0.144. The second-order valence-corrected chi connectivity index (χ2v) is 19.5. The van der Waals surface area contributed by atoms with Crippen molar-refractivity contribution in [3.05, 3.63) is 41.6 Å². The van der Waals surface area contributed by atoms with E-state index in [1.165, 1.54) is 25.9 Å². The quantitative estimate of drug-likeness (QED) is 0.315. The maximum Gasteiger partial charge on any atom is 0.408 e. The van der Waals surface area contributed by atoms with Gasteiger partial charge in [-0.2, -0.15) is 0 Å². The number of halogens is 2. The largest absolute Gasteiger partial charge is 0.497 e. The highest BCUT2D eigenvalue weighted by Crippen LogP contribution is 2.52. The summed E-state index contributed by atoms with van der Waals surface area (Å²) in [7, 11) is -2.60. The molecule has 6 atom stereocenters. The van der Waals surface area contributed by atoms with E-state index in [-0.39, 0.29) is 43.5 Å². The third-order valence-corrected chi connectivity index (χ3v) is 14.5. The van der Waals surface area contributed by atoms with Crippen molar-refractivity contribution in [3.63, 3.8) is 0 Å². The molecule has 1 aromatic carbocycles. The monoisotopic (exact) mass is 815 g/mol. The first-order valence-corrected chi connectivity index (χ1v) is 21.1. The van der Waals surface area contributed by atoms with E-state index in [4.69, 9.17) is 9.47 Å². The lowest BCUT2D eigenvalue weighted by atomic mass is 9.86. The number of ether oxygens (including phenoxy) is 2. The van der Waals surface area contributed by atoms with E-state index < -0.39 is 86.1 Å². The van der Waals surface area contributed by atoms with Crippen molar-refractivity contribution in [2.24, 2.45) is 5.92 Å². The zero-order valence-corrected chi connectivity index (χ0v) is 33.7. The molecule has 1 saturated heterocycles. The van der Waals surface area contributed by atoms with Gasteiger partial charge in [0.25, 0.3) is 5.91 Å². The fourth-order valence-electron chi connectivity index (χ4n) is 8.69. The Kier molecular flexibility index (Phi) is 10.3. The third-order valence-electron chi connectivity index (χ3n) is 12.3. The smallest absolute Gasteiger partial charge is 0.408 e. The van der Waals surface area contributed by atoms with Crippen molar-refractivity contribution >= 4 is 44.7 Å². The average molecular weight is 816 g/mol. The number of nitrogens with zero attached hydrogens (tertiary/aromatic N) is 3. The van der Waals surface area contributed by atoms with Crippen molar-refractivity contribution in [2.45, 2.75) is 132 Å². The van der Waals surface area contributed by atoms with Gasteiger partial charge >= 0.3 is 6.09 Å². The topological polar surface area (TPSA) is 185 Å². The molecular formula is C40H51F2N5O9S. The second kappa shape index (κ2) is 14.4. The van der Waals surface area contributed by atoms with Crippen LogP contribution in [0.3, 0.4) is 0 Å². The number of allylic oxidation sites excluding steroid dienone is 1. The molecule has 0 bridgehead atoms. The van der Waals surface area contributed by atoms with Crippen LogP contribution < -0.4 is 19.5 Å². The number of nitrogens with one attached hydrogen (secondary N) is 2. The highest BCUT2D eigenvalue weighted by molar-refractivity contribution is 7.91. The molecule has 3 aliphatic heterocycles. The molecule has 2 aliphatic carbocycles. The Hall–Kier alpha value is -4.54. The fraction of sp³-hybridized carbons (Fsp3) is 0.625. The molecule has 7 rings (SSSR count).